The number of rotatable bonds is 5. The number of piperidine rings is 1. The first-order valence-electron chi connectivity index (χ1n) is 8.95. The first-order valence-corrected chi connectivity index (χ1v) is 11.5. The molecule has 6 nitrogen and oxygen atoms in total. The summed E-state index contributed by atoms with van der Waals surface area (Å²) >= 11 is 18.0. The smallest absolute Gasteiger partial charge is 0.243 e. The van der Waals surface area contributed by atoms with Crippen molar-refractivity contribution in [2.45, 2.75) is 24.7 Å². The summed E-state index contributed by atoms with van der Waals surface area (Å²) in [6.45, 7) is 2.45. The Morgan fingerprint density at radius 2 is 1.59 bits per heavy atom. The van der Waals surface area contributed by atoms with Gasteiger partial charge in [0.05, 0.1) is 20.6 Å². The van der Waals surface area contributed by atoms with Crippen LogP contribution in [-0.4, -0.2) is 31.7 Å². The predicted molar refractivity (Wildman–Crippen MR) is 116 cm³/mol. The second kappa shape index (κ2) is 9.10. The van der Waals surface area contributed by atoms with Crippen molar-refractivity contribution in [3.63, 3.8) is 0 Å². The van der Waals surface area contributed by atoms with E-state index in [1.54, 1.807) is 24.3 Å². The number of nitrogens with one attached hydrogen (secondary N) is 2. The van der Waals surface area contributed by atoms with Gasteiger partial charge in [-0.2, -0.15) is 4.31 Å². The maximum atomic E-state index is 12.8. The van der Waals surface area contributed by atoms with E-state index in [4.69, 9.17) is 34.8 Å². The molecule has 10 heteroatoms. The monoisotopic (exact) mass is 475 g/mol. The molecule has 0 radical (unpaired) electrons. The van der Waals surface area contributed by atoms with Gasteiger partial charge in [0.2, 0.25) is 15.9 Å². The number of carbonyl (C=O) groups is 1. The number of hydrogen-bond acceptors (Lipinski definition) is 4. The van der Waals surface area contributed by atoms with Crippen LogP contribution in [0.25, 0.3) is 0 Å². The zero-order chi connectivity index (χ0) is 21.2. The van der Waals surface area contributed by atoms with Crippen LogP contribution < -0.4 is 10.9 Å². The van der Waals surface area contributed by atoms with Crippen LogP contribution in [0.5, 0.6) is 0 Å². The normalized spacial score (nSPS) is 15.9. The fourth-order valence-electron chi connectivity index (χ4n) is 3.11. The van der Waals surface area contributed by atoms with E-state index in [1.165, 1.54) is 16.4 Å². The third-order valence-corrected chi connectivity index (χ3v) is 7.53. The number of amides is 1. The lowest BCUT2D eigenvalue weighted by atomic mass is 9.98. The summed E-state index contributed by atoms with van der Waals surface area (Å²) < 4.78 is 26.9. The largest absolute Gasteiger partial charge is 0.296 e. The zero-order valence-corrected chi connectivity index (χ0v) is 18.7. The molecule has 1 fully saturated rings. The number of halogens is 3. The maximum absolute atomic E-state index is 12.8. The molecule has 0 unspecified atom stereocenters. The fraction of sp³-hybridized carbons (Fsp3) is 0.316. The number of nitrogens with zero attached hydrogens (tertiary/aromatic N) is 1. The van der Waals surface area contributed by atoms with Gasteiger partial charge in [0, 0.05) is 24.0 Å². The Kier molecular flexibility index (Phi) is 6.96. The number of anilines is 1. The molecule has 1 aliphatic rings. The van der Waals surface area contributed by atoms with Crippen molar-refractivity contribution >= 4 is 56.4 Å². The van der Waals surface area contributed by atoms with Crippen LogP contribution in [0.15, 0.2) is 41.3 Å². The van der Waals surface area contributed by atoms with Crippen LogP contribution in [-0.2, 0) is 14.8 Å². The molecule has 2 N–H and O–H groups in total. The number of benzene rings is 2. The van der Waals surface area contributed by atoms with E-state index in [2.05, 4.69) is 10.9 Å². The summed E-state index contributed by atoms with van der Waals surface area (Å²) in [6, 6.07) is 9.77. The van der Waals surface area contributed by atoms with Gasteiger partial charge in [0.15, 0.2) is 0 Å². The molecule has 1 amide bonds. The SMILES string of the molecule is Cc1ccc(S(=O)(=O)N2CCC(C(=O)NNc3c(Cl)cc(Cl)cc3Cl)CC2)cc1. The molecule has 2 aromatic carbocycles. The molecule has 0 atom stereocenters. The van der Waals surface area contributed by atoms with E-state index in [9.17, 15) is 13.2 Å². The van der Waals surface area contributed by atoms with Crippen molar-refractivity contribution < 1.29 is 13.2 Å². The fourth-order valence-corrected chi connectivity index (χ4v) is 5.49. The highest BCUT2D eigenvalue weighted by atomic mass is 35.5. The van der Waals surface area contributed by atoms with Gasteiger partial charge in [-0.3, -0.25) is 15.6 Å². The Hall–Kier alpha value is -1.51. The predicted octanol–water partition coefficient (Wildman–Crippen LogP) is 4.50. The Labute approximate surface area is 185 Å². The minimum absolute atomic E-state index is 0.250. The highest BCUT2D eigenvalue weighted by Crippen LogP contribution is 2.33. The van der Waals surface area contributed by atoms with E-state index < -0.39 is 10.0 Å². The minimum Gasteiger partial charge on any atom is -0.296 e. The van der Waals surface area contributed by atoms with Crippen molar-refractivity contribution in [1.29, 1.82) is 0 Å². The maximum Gasteiger partial charge on any atom is 0.243 e. The van der Waals surface area contributed by atoms with Gasteiger partial charge in [-0.25, -0.2) is 8.42 Å². The molecule has 0 saturated carbocycles. The van der Waals surface area contributed by atoms with Gasteiger partial charge in [0.25, 0.3) is 0 Å². The second-order valence-corrected chi connectivity index (χ2v) is 10.0. The average molecular weight is 477 g/mol. The Bertz CT molecular complexity index is 982. The summed E-state index contributed by atoms with van der Waals surface area (Å²) in [6.07, 6.45) is 0.835. The van der Waals surface area contributed by atoms with Gasteiger partial charge in [0.1, 0.15) is 0 Å². The van der Waals surface area contributed by atoms with Crippen LogP contribution in [0, 0.1) is 12.8 Å². The van der Waals surface area contributed by atoms with E-state index in [0.717, 1.165) is 5.56 Å². The van der Waals surface area contributed by atoms with E-state index in [-0.39, 0.29) is 39.9 Å². The summed E-state index contributed by atoms with van der Waals surface area (Å²) in [7, 11) is -3.56. The van der Waals surface area contributed by atoms with Crippen LogP contribution in [0.4, 0.5) is 5.69 Å². The lowest BCUT2D eigenvalue weighted by Gasteiger charge is -2.30. The molecule has 0 spiro atoms. The van der Waals surface area contributed by atoms with Crippen molar-refractivity contribution in [3.05, 3.63) is 57.0 Å². The Morgan fingerprint density at radius 3 is 2.14 bits per heavy atom. The standard InChI is InChI=1S/C19H20Cl3N3O3S/c1-12-2-4-15(5-3-12)29(27,28)25-8-6-13(7-9-25)19(26)24-23-18-16(21)10-14(20)11-17(18)22/h2-5,10-11,13,23H,6-9H2,1H3,(H,24,26). The third kappa shape index (κ3) is 5.16. The topological polar surface area (TPSA) is 78.5 Å². The third-order valence-electron chi connectivity index (χ3n) is 4.80. The average Bonchev–Trinajstić information content (AvgIpc) is 2.67. The summed E-state index contributed by atoms with van der Waals surface area (Å²) in [5.74, 6) is -0.573. The van der Waals surface area contributed by atoms with Crippen LogP contribution in [0.3, 0.4) is 0 Å². The van der Waals surface area contributed by atoms with Gasteiger partial charge in [-0.05, 0) is 44.0 Å². The Morgan fingerprint density at radius 1 is 1.03 bits per heavy atom. The van der Waals surface area contributed by atoms with Crippen molar-refractivity contribution in [2.24, 2.45) is 5.92 Å². The molecular weight excluding hydrogens is 457 g/mol. The highest BCUT2D eigenvalue weighted by molar-refractivity contribution is 7.89. The van der Waals surface area contributed by atoms with Crippen molar-refractivity contribution in [2.75, 3.05) is 18.5 Å². The van der Waals surface area contributed by atoms with Crippen LogP contribution >= 0.6 is 34.8 Å². The summed E-state index contributed by atoms with van der Waals surface area (Å²) in [5.41, 5.74) is 6.66. The molecule has 1 aliphatic heterocycles. The van der Waals surface area contributed by atoms with Gasteiger partial charge < -0.3 is 0 Å². The molecule has 3 rings (SSSR count). The molecule has 2 aromatic rings. The molecular formula is C19H20Cl3N3O3S. The highest BCUT2D eigenvalue weighted by Gasteiger charge is 2.32. The van der Waals surface area contributed by atoms with Crippen LogP contribution in [0.1, 0.15) is 18.4 Å². The van der Waals surface area contributed by atoms with Crippen LogP contribution in [0.2, 0.25) is 15.1 Å². The quantitative estimate of drug-likeness (QED) is 0.623. The molecule has 29 heavy (non-hydrogen) atoms. The zero-order valence-electron chi connectivity index (χ0n) is 15.6. The number of hydrogen-bond donors (Lipinski definition) is 2. The van der Waals surface area contributed by atoms with Crippen molar-refractivity contribution in [3.8, 4) is 0 Å². The first-order chi connectivity index (χ1) is 13.7. The molecule has 0 aromatic heterocycles. The first kappa shape index (κ1) is 22.2. The lowest BCUT2D eigenvalue weighted by Crippen LogP contribution is -2.44. The molecule has 0 bridgehead atoms. The van der Waals surface area contributed by atoms with Gasteiger partial charge in [-0.1, -0.05) is 52.5 Å². The number of sulfonamides is 1. The number of hydrazine groups is 1. The van der Waals surface area contributed by atoms with Gasteiger partial charge >= 0.3 is 0 Å². The number of carbonyl (C=O) groups excluding carboxylic acids is 1. The van der Waals surface area contributed by atoms with E-state index in [1.807, 2.05) is 6.92 Å². The minimum atomic E-state index is -3.56. The lowest BCUT2D eigenvalue weighted by molar-refractivity contribution is -0.125. The van der Waals surface area contributed by atoms with Gasteiger partial charge in [-0.15, -0.1) is 0 Å². The summed E-state index contributed by atoms with van der Waals surface area (Å²) in [4.78, 5) is 12.7. The molecule has 1 saturated heterocycles. The van der Waals surface area contributed by atoms with E-state index >= 15 is 0 Å². The second-order valence-electron chi connectivity index (χ2n) is 6.85. The molecule has 0 aliphatic carbocycles. The number of aryl methyl sites for hydroxylation is 1. The van der Waals surface area contributed by atoms with E-state index in [0.29, 0.717) is 23.6 Å². The Balaban J connectivity index is 1.58. The van der Waals surface area contributed by atoms with Crippen molar-refractivity contribution in [1.82, 2.24) is 9.73 Å². The molecule has 1 heterocycles. The molecule has 156 valence electrons. The summed E-state index contributed by atoms with van der Waals surface area (Å²) in [5, 5.41) is 0.947.